The molecule has 11 nitrogen and oxygen atoms in total. The number of unbranched alkanes of at least 4 members (excludes halogenated alkanes) is 50. The summed E-state index contributed by atoms with van der Waals surface area (Å²) in [7, 11) is 0. The molecule has 0 bridgehead atoms. The topological polar surface area (TPSA) is 189 Å². The van der Waals surface area contributed by atoms with Crippen LogP contribution in [-0.4, -0.2) is 110 Å². The fourth-order valence-corrected chi connectivity index (χ4v) is 12.3. The van der Waals surface area contributed by atoms with Crippen molar-refractivity contribution in [2.75, 3.05) is 13.2 Å². The van der Waals surface area contributed by atoms with Crippen LogP contribution in [0.15, 0.2) is 24.3 Å². The minimum atomic E-state index is -1.67. The summed E-state index contributed by atoms with van der Waals surface area (Å²) in [4.78, 5) is 13.3. The predicted octanol–water partition coefficient (Wildman–Crippen LogP) is 18.4. The molecule has 0 aromatic carbocycles. The third kappa shape index (κ3) is 50.0. The van der Waals surface area contributed by atoms with Crippen molar-refractivity contribution in [3.05, 3.63) is 24.3 Å². The van der Waals surface area contributed by atoms with Gasteiger partial charge in [0.1, 0.15) is 36.6 Å². The Kier molecular flexibility index (Phi) is 60.3. The van der Waals surface area contributed by atoms with Crippen molar-refractivity contribution in [1.29, 1.82) is 0 Å². The zero-order chi connectivity index (χ0) is 61.7. The molecule has 1 fully saturated rings. The molecule has 1 saturated heterocycles. The largest absolute Gasteiger partial charge is 0.394 e. The van der Waals surface area contributed by atoms with Crippen LogP contribution in [0, 0.1) is 0 Å². The van der Waals surface area contributed by atoms with Crippen LogP contribution in [0.2, 0.25) is 0 Å². The van der Waals surface area contributed by atoms with Gasteiger partial charge in [-0.25, -0.2) is 0 Å². The molecule has 1 amide bonds. The Morgan fingerprint density at radius 1 is 0.400 bits per heavy atom. The predicted molar refractivity (Wildman–Crippen MR) is 358 cm³/mol. The molecule has 1 heterocycles. The highest BCUT2D eigenvalue weighted by molar-refractivity contribution is 5.80. The van der Waals surface area contributed by atoms with E-state index in [4.69, 9.17) is 9.47 Å². The Labute approximate surface area is 524 Å². The van der Waals surface area contributed by atoms with Crippen molar-refractivity contribution in [1.82, 2.24) is 5.32 Å². The first kappa shape index (κ1) is 81.6. The Morgan fingerprint density at radius 2 is 0.706 bits per heavy atom. The Balaban J connectivity index is 2.19. The maximum absolute atomic E-state index is 13.3. The highest BCUT2D eigenvalue weighted by atomic mass is 16.7. The van der Waals surface area contributed by atoms with E-state index in [-0.39, 0.29) is 12.8 Å². The Hall–Kier alpha value is -1.41. The van der Waals surface area contributed by atoms with Crippen molar-refractivity contribution in [3.8, 4) is 0 Å². The van der Waals surface area contributed by atoms with Gasteiger partial charge in [-0.2, -0.15) is 0 Å². The van der Waals surface area contributed by atoms with Crippen LogP contribution in [0.4, 0.5) is 0 Å². The van der Waals surface area contributed by atoms with Gasteiger partial charge in [-0.3, -0.25) is 4.79 Å². The summed E-state index contributed by atoms with van der Waals surface area (Å²) in [5.74, 6) is -0.702. The molecule has 0 aromatic heterocycles. The minimum Gasteiger partial charge on any atom is -0.394 e. The van der Waals surface area contributed by atoms with E-state index in [2.05, 4.69) is 43.5 Å². The van der Waals surface area contributed by atoms with E-state index in [1.54, 1.807) is 0 Å². The lowest BCUT2D eigenvalue weighted by molar-refractivity contribution is -0.303. The molecule has 9 unspecified atom stereocenters. The van der Waals surface area contributed by atoms with Gasteiger partial charge in [0.15, 0.2) is 6.29 Å². The lowest BCUT2D eigenvalue weighted by atomic mass is 9.98. The maximum Gasteiger partial charge on any atom is 0.249 e. The van der Waals surface area contributed by atoms with Crippen molar-refractivity contribution in [2.24, 2.45) is 0 Å². The third-order valence-corrected chi connectivity index (χ3v) is 18.2. The summed E-state index contributed by atoms with van der Waals surface area (Å²) >= 11 is 0. The van der Waals surface area contributed by atoms with Crippen LogP contribution >= 0.6 is 0 Å². The van der Waals surface area contributed by atoms with Gasteiger partial charge in [-0.1, -0.05) is 346 Å². The number of nitrogens with one attached hydrogen (secondary N) is 1. The molecule has 1 aliphatic rings. The third-order valence-electron chi connectivity index (χ3n) is 18.2. The van der Waals surface area contributed by atoms with Gasteiger partial charge in [0, 0.05) is 0 Å². The van der Waals surface area contributed by atoms with Crippen molar-refractivity contribution in [2.45, 2.75) is 428 Å². The molecule has 0 saturated carbocycles. The van der Waals surface area contributed by atoms with Crippen LogP contribution in [-0.2, 0) is 14.3 Å². The van der Waals surface area contributed by atoms with Gasteiger partial charge >= 0.3 is 0 Å². The fourth-order valence-electron chi connectivity index (χ4n) is 12.3. The van der Waals surface area contributed by atoms with Gasteiger partial charge < -0.3 is 50.5 Å². The molecular formula is C74H143NO10. The first-order valence-electron chi connectivity index (χ1n) is 37.2. The molecule has 0 radical (unpaired) electrons. The van der Waals surface area contributed by atoms with Crippen molar-refractivity contribution < 1.29 is 50.0 Å². The number of hydrogen-bond donors (Lipinski definition) is 8. The fraction of sp³-hybridized carbons (Fsp3) is 0.932. The number of ether oxygens (including phenoxy) is 2. The van der Waals surface area contributed by atoms with Gasteiger partial charge in [0.2, 0.25) is 5.91 Å². The first-order valence-corrected chi connectivity index (χ1v) is 37.2. The number of rotatable bonds is 66. The maximum atomic E-state index is 13.3. The van der Waals surface area contributed by atoms with E-state index in [0.717, 1.165) is 38.5 Å². The van der Waals surface area contributed by atoms with E-state index in [1.807, 2.05) is 0 Å². The zero-order valence-electron chi connectivity index (χ0n) is 55.9. The lowest BCUT2D eigenvalue weighted by Gasteiger charge is -2.40. The van der Waals surface area contributed by atoms with E-state index in [1.165, 1.54) is 289 Å². The van der Waals surface area contributed by atoms with Crippen LogP contribution in [0.5, 0.6) is 0 Å². The minimum absolute atomic E-state index is 0.249. The molecule has 1 aliphatic heterocycles. The quantitative estimate of drug-likeness (QED) is 0.0215. The van der Waals surface area contributed by atoms with E-state index in [9.17, 15) is 40.5 Å². The summed E-state index contributed by atoms with van der Waals surface area (Å²) in [6.45, 7) is 3.51. The van der Waals surface area contributed by atoms with Crippen LogP contribution < -0.4 is 5.32 Å². The molecular weight excluding hydrogens is 1060 g/mol. The zero-order valence-corrected chi connectivity index (χ0v) is 55.9. The SMILES string of the molecule is CCCCCCCCCCCCCCCCCCCCC/C=C/CC/C=C/CCCC(O)C(O)C(COC1OC(CO)C(O)C(O)C1O)NC(=O)C(O)CCCCCCCCCCCCCCCCCCCCCCCCCCCCCCCC. The average Bonchev–Trinajstić information content (AvgIpc) is 3.67. The number of amides is 1. The Bertz CT molecular complexity index is 1430. The van der Waals surface area contributed by atoms with E-state index >= 15 is 0 Å². The van der Waals surface area contributed by atoms with Gasteiger partial charge in [0.05, 0.1) is 25.4 Å². The monoisotopic (exact) mass is 1210 g/mol. The van der Waals surface area contributed by atoms with Gasteiger partial charge in [0.25, 0.3) is 0 Å². The van der Waals surface area contributed by atoms with E-state index in [0.29, 0.717) is 19.3 Å². The summed E-state index contributed by atoms with van der Waals surface area (Å²) < 4.78 is 11.2. The molecule has 9 atom stereocenters. The first-order chi connectivity index (χ1) is 41.7. The van der Waals surface area contributed by atoms with E-state index < -0.39 is 74.2 Å². The van der Waals surface area contributed by atoms with Gasteiger partial charge in [-0.05, 0) is 51.4 Å². The summed E-state index contributed by atoms with van der Waals surface area (Å²) in [6, 6.07) is -1.19. The molecule has 504 valence electrons. The lowest BCUT2D eigenvalue weighted by Crippen LogP contribution is -2.60. The molecule has 0 spiro atoms. The molecule has 0 aromatic rings. The smallest absolute Gasteiger partial charge is 0.249 e. The molecule has 85 heavy (non-hydrogen) atoms. The normalized spacial score (nSPS) is 18.9. The average molecular weight is 1210 g/mol. The van der Waals surface area contributed by atoms with Crippen LogP contribution in [0.3, 0.4) is 0 Å². The molecule has 11 heteroatoms. The number of aliphatic hydroxyl groups is 7. The number of allylic oxidation sites excluding steroid dienone is 4. The highest BCUT2D eigenvalue weighted by Crippen LogP contribution is 2.24. The standard InChI is InChI=1S/C74H143NO10/c1-3-5-7-9-11-13-15-17-19-21-23-25-27-29-31-33-34-36-38-40-42-44-46-48-50-52-54-56-58-60-62-67(78)73(83)75-65(64-84-74-72(82)71(81)70(80)68(63-76)85-74)69(79)66(77)61-59-57-55-53-51-49-47-45-43-41-39-37-35-32-30-28-26-24-22-20-18-16-14-12-10-8-6-4-2/h45,47,53,55,65-72,74,76-82H,3-44,46,48-52,54,56-64H2,1-2H3,(H,75,83)/b47-45+,55-53+. The summed E-state index contributed by atoms with van der Waals surface area (Å²) in [5, 5.41) is 76.6. The number of carbonyl (C=O) groups is 1. The number of carbonyl (C=O) groups excluding carboxylic acids is 1. The van der Waals surface area contributed by atoms with Crippen molar-refractivity contribution in [3.63, 3.8) is 0 Å². The van der Waals surface area contributed by atoms with Crippen LogP contribution in [0.25, 0.3) is 0 Å². The summed E-state index contributed by atoms with van der Waals surface area (Å²) in [6.07, 6.45) is 68.5. The second-order valence-electron chi connectivity index (χ2n) is 26.4. The van der Waals surface area contributed by atoms with Crippen LogP contribution in [0.1, 0.15) is 373 Å². The Morgan fingerprint density at radius 3 is 1.05 bits per heavy atom. The molecule has 0 aliphatic carbocycles. The number of hydrogen-bond acceptors (Lipinski definition) is 10. The molecule has 8 N–H and O–H groups in total. The van der Waals surface area contributed by atoms with Gasteiger partial charge in [-0.15, -0.1) is 0 Å². The second kappa shape index (κ2) is 62.8. The molecule has 1 rings (SSSR count). The second-order valence-corrected chi connectivity index (χ2v) is 26.4. The highest BCUT2D eigenvalue weighted by Gasteiger charge is 2.44. The van der Waals surface area contributed by atoms with Crippen molar-refractivity contribution >= 4 is 5.91 Å². The summed E-state index contributed by atoms with van der Waals surface area (Å²) in [5.41, 5.74) is 0. The number of aliphatic hydroxyl groups excluding tert-OH is 7.